The Kier molecular flexibility index (Phi) is 18.3. The molecule has 0 aromatic rings. The number of carboxylic acids is 1. The predicted octanol–water partition coefficient (Wildman–Crippen LogP) is 4.09. The number of carboxylic acid groups (broad SMARTS) is 1. The molecule has 0 aliphatic rings. The number of amides is 1. The molecule has 7 heteroatoms. The Labute approximate surface area is 177 Å². The second-order valence-electron chi connectivity index (χ2n) is 7.90. The molecule has 29 heavy (non-hydrogen) atoms. The van der Waals surface area contributed by atoms with E-state index in [4.69, 9.17) is 16.6 Å². The van der Waals surface area contributed by atoms with Crippen molar-refractivity contribution in [2.45, 2.75) is 116 Å². The number of nitrogens with zero attached hydrogens (tertiary/aromatic N) is 1. The van der Waals surface area contributed by atoms with Gasteiger partial charge < -0.3 is 21.9 Å². The fraction of sp³-hybridized carbons (Fsp3) is 0.864. The molecule has 0 aromatic carbocycles. The number of rotatable bonds is 20. The molecule has 0 aromatic heterocycles. The van der Waals surface area contributed by atoms with Crippen molar-refractivity contribution in [1.29, 1.82) is 0 Å². The number of aliphatic carboxylic acids is 1. The first kappa shape index (κ1) is 27.2. The van der Waals surface area contributed by atoms with Crippen molar-refractivity contribution >= 4 is 17.8 Å². The van der Waals surface area contributed by atoms with Crippen LogP contribution in [0, 0.1) is 0 Å². The molecular formula is C22H44N4O3. The molecule has 1 amide bonds. The molecule has 0 fully saturated rings. The summed E-state index contributed by atoms with van der Waals surface area (Å²) < 4.78 is 0. The summed E-state index contributed by atoms with van der Waals surface area (Å²) in [6.45, 7) is 2.43. The summed E-state index contributed by atoms with van der Waals surface area (Å²) in [7, 11) is 0. The van der Waals surface area contributed by atoms with E-state index in [0.29, 0.717) is 6.42 Å². The molecule has 0 rings (SSSR count). The van der Waals surface area contributed by atoms with Crippen molar-refractivity contribution in [3.05, 3.63) is 0 Å². The zero-order valence-corrected chi connectivity index (χ0v) is 18.5. The van der Waals surface area contributed by atoms with Crippen LogP contribution in [0.1, 0.15) is 110 Å². The number of nitrogens with one attached hydrogen (secondary N) is 1. The maximum Gasteiger partial charge on any atom is 0.326 e. The summed E-state index contributed by atoms with van der Waals surface area (Å²) in [5, 5.41) is 11.7. The summed E-state index contributed by atoms with van der Waals surface area (Å²) in [5.41, 5.74) is 10.4. The van der Waals surface area contributed by atoms with Crippen LogP contribution in [-0.2, 0) is 9.59 Å². The van der Waals surface area contributed by atoms with Crippen molar-refractivity contribution in [2.75, 3.05) is 6.54 Å². The van der Waals surface area contributed by atoms with Gasteiger partial charge in [-0.15, -0.1) is 0 Å². The van der Waals surface area contributed by atoms with Crippen LogP contribution in [-0.4, -0.2) is 35.5 Å². The Morgan fingerprint density at radius 2 is 1.28 bits per heavy atom. The number of hydrogen-bond donors (Lipinski definition) is 4. The van der Waals surface area contributed by atoms with Crippen LogP contribution in [0.4, 0.5) is 0 Å². The summed E-state index contributed by atoms with van der Waals surface area (Å²) in [4.78, 5) is 26.9. The van der Waals surface area contributed by atoms with Crippen LogP contribution in [0.2, 0.25) is 0 Å². The van der Waals surface area contributed by atoms with E-state index < -0.39 is 12.0 Å². The number of unbranched alkanes of at least 4 members (excludes halogenated alkanes) is 13. The number of aliphatic imine (C=N–C) groups is 1. The van der Waals surface area contributed by atoms with Gasteiger partial charge in [-0.05, 0) is 12.8 Å². The Balaban J connectivity index is 3.54. The van der Waals surface area contributed by atoms with Crippen LogP contribution in [0.3, 0.4) is 0 Å². The summed E-state index contributed by atoms with van der Waals surface area (Å²) >= 11 is 0. The molecule has 7 nitrogen and oxygen atoms in total. The first-order valence-electron chi connectivity index (χ1n) is 11.5. The molecule has 0 bridgehead atoms. The quantitative estimate of drug-likeness (QED) is 0.136. The number of hydrogen-bond acceptors (Lipinski definition) is 3. The van der Waals surface area contributed by atoms with Crippen LogP contribution in [0.15, 0.2) is 4.99 Å². The van der Waals surface area contributed by atoms with Crippen LogP contribution in [0.25, 0.3) is 0 Å². The third-order valence-electron chi connectivity index (χ3n) is 5.10. The minimum absolute atomic E-state index is 0.0807. The van der Waals surface area contributed by atoms with Gasteiger partial charge in [0.2, 0.25) is 5.91 Å². The monoisotopic (exact) mass is 412 g/mol. The smallest absolute Gasteiger partial charge is 0.326 e. The van der Waals surface area contributed by atoms with E-state index in [0.717, 1.165) is 19.3 Å². The molecule has 6 N–H and O–H groups in total. The largest absolute Gasteiger partial charge is 0.480 e. The first-order valence-corrected chi connectivity index (χ1v) is 11.5. The SMILES string of the molecule is CCCCCCCCCCCCCCCCC(=O)N[C@@H](CCN=C(N)N)C(=O)O. The molecule has 0 saturated heterocycles. The van der Waals surface area contributed by atoms with Gasteiger partial charge in [-0.25, -0.2) is 4.79 Å². The lowest BCUT2D eigenvalue weighted by Crippen LogP contribution is -2.41. The van der Waals surface area contributed by atoms with Gasteiger partial charge >= 0.3 is 5.97 Å². The third kappa shape index (κ3) is 19.3. The first-order chi connectivity index (χ1) is 14.0. The highest BCUT2D eigenvalue weighted by Crippen LogP contribution is 2.13. The normalized spacial score (nSPS) is 11.8. The Morgan fingerprint density at radius 1 is 0.828 bits per heavy atom. The lowest BCUT2D eigenvalue weighted by atomic mass is 10.0. The number of nitrogens with two attached hydrogens (primary N) is 2. The molecule has 0 radical (unpaired) electrons. The van der Waals surface area contributed by atoms with Gasteiger partial charge in [0.25, 0.3) is 0 Å². The van der Waals surface area contributed by atoms with Crippen molar-refractivity contribution in [3.8, 4) is 0 Å². The van der Waals surface area contributed by atoms with Crippen LogP contribution >= 0.6 is 0 Å². The number of guanidine groups is 1. The highest BCUT2D eigenvalue weighted by Gasteiger charge is 2.19. The third-order valence-corrected chi connectivity index (χ3v) is 5.10. The Bertz CT molecular complexity index is 451. The minimum Gasteiger partial charge on any atom is -0.480 e. The average Bonchev–Trinajstić information content (AvgIpc) is 2.67. The maximum atomic E-state index is 11.9. The number of carbonyl (C=O) groups excluding carboxylic acids is 1. The summed E-state index contributed by atoms with van der Waals surface area (Å²) in [6.07, 6.45) is 18.2. The summed E-state index contributed by atoms with van der Waals surface area (Å²) in [6, 6.07) is -0.947. The van der Waals surface area contributed by atoms with E-state index in [1.54, 1.807) is 0 Å². The van der Waals surface area contributed by atoms with E-state index in [-0.39, 0.29) is 24.8 Å². The average molecular weight is 413 g/mol. The van der Waals surface area contributed by atoms with Gasteiger partial charge in [0.1, 0.15) is 6.04 Å². The second-order valence-corrected chi connectivity index (χ2v) is 7.90. The second kappa shape index (κ2) is 19.5. The van der Waals surface area contributed by atoms with Crippen molar-refractivity contribution in [3.63, 3.8) is 0 Å². The molecule has 0 heterocycles. The highest BCUT2D eigenvalue weighted by atomic mass is 16.4. The van der Waals surface area contributed by atoms with Crippen molar-refractivity contribution in [2.24, 2.45) is 16.5 Å². The minimum atomic E-state index is -1.06. The molecular weight excluding hydrogens is 368 g/mol. The lowest BCUT2D eigenvalue weighted by Gasteiger charge is -2.13. The van der Waals surface area contributed by atoms with Gasteiger partial charge in [-0.1, -0.05) is 90.4 Å². The van der Waals surface area contributed by atoms with Gasteiger partial charge in [0, 0.05) is 13.0 Å². The van der Waals surface area contributed by atoms with E-state index in [1.807, 2.05) is 0 Å². The topological polar surface area (TPSA) is 131 Å². The summed E-state index contributed by atoms with van der Waals surface area (Å²) in [5.74, 6) is -1.37. The zero-order chi connectivity index (χ0) is 21.7. The fourth-order valence-electron chi connectivity index (χ4n) is 3.33. The van der Waals surface area contributed by atoms with Gasteiger partial charge in [-0.3, -0.25) is 9.79 Å². The van der Waals surface area contributed by atoms with E-state index in [9.17, 15) is 9.59 Å². The number of carbonyl (C=O) groups is 2. The van der Waals surface area contributed by atoms with Gasteiger partial charge in [0.15, 0.2) is 5.96 Å². The molecule has 170 valence electrons. The molecule has 1 atom stereocenters. The fourth-order valence-corrected chi connectivity index (χ4v) is 3.33. The lowest BCUT2D eigenvalue weighted by molar-refractivity contribution is -0.142. The van der Waals surface area contributed by atoms with Crippen LogP contribution in [0.5, 0.6) is 0 Å². The maximum absolute atomic E-state index is 11.9. The standard InChI is InChI=1S/C22H44N4O3/c1-2-3-4-5-6-7-8-9-10-11-12-13-14-15-16-20(27)26-19(21(28)29)17-18-25-22(23)24/h19H,2-18H2,1H3,(H,26,27)(H,28,29)(H4,23,24,25)/t19-/m0/s1. The Morgan fingerprint density at radius 3 is 1.69 bits per heavy atom. The molecule has 0 spiro atoms. The zero-order valence-electron chi connectivity index (χ0n) is 18.5. The van der Waals surface area contributed by atoms with Crippen molar-refractivity contribution in [1.82, 2.24) is 5.32 Å². The molecule has 0 saturated carbocycles. The van der Waals surface area contributed by atoms with Crippen molar-refractivity contribution < 1.29 is 14.7 Å². The highest BCUT2D eigenvalue weighted by molar-refractivity contribution is 5.83. The molecule has 0 aliphatic heterocycles. The van der Waals surface area contributed by atoms with E-state index >= 15 is 0 Å². The molecule has 0 aliphatic carbocycles. The molecule has 0 unspecified atom stereocenters. The van der Waals surface area contributed by atoms with Gasteiger partial charge in [0.05, 0.1) is 0 Å². The van der Waals surface area contributed by atoms with E-state index in [1.165, 1.54) is 70.6 Å². The Hall–Kier alpha value is -1.79. The van der Waals surface area contributed by atoms with Gasteiger partial charge in [-0.2, -0.15) is 0 Å². The predicted molar refractivity (Wildman–Crippen MR) is 120 cm³/mol. The van der Waals surface area contributed by atoms with Crippen LogP contribution < -0.4 is 16.8 Å². The van der Waals surface area contributed by atoms with E-state index in [2.05, 4.69) is 17.2 Å².